The smallest absolute Gasteiger partial charge is 0.331 e. The van der Waals surface area contributed by atoms with Crippen LogP contribution >= 0.6 is 11.8 Å². The molecule has 1 aromatic carbocycles. The number of aromatic nitrogens is 2. The molecular formula is C15H16N2O3S. The van der Waals surface area contributed by atoms with Gasteiger partial charge in [-0.1, -0.05) is 30.3 Å². The number of aromatic amines is 1. The first kappa shape index (κ1) is 14.0. The maximum Gasteiger partial charge on any atom is 0.331 e. The highest BCUT2D eigenvalue weighted by atomic mass is 32.2. The van der Waals surface area contributed by atoms with Gasteiger partial charge >= 0.3 is 5.69 Å². The van der Waals surface area contributed by atoms with Crippen LogP contribution in [0.5, 0.6) is 5.88 Å². The highest BCUT2D eigenvalue weighted by Gasteiger charge is 2.43. The first-order valence-electron chi connectivity index (χ1n) is 6.73. The van der Waals surface area contributed by atoms with Crippen molar-refractivity contribution in [3.8, 4) is 17.0 Å². The molecule has 6 heteroatoms. The van der Waals surface area contributed by atoms with Crippen LogP contribution in [0.15, 0.2) is 39.9 Å². The van der Waals surface area contributed by atoms with Crippen molar-refractivity contribution in [2.75, 3.05) is 6.26 Å². The fourth-order valence-corrected chi connectivity index (χ4v) is 3.19. The third-order valence-corrected chi connectivity index (χ3v) is 5.32. The Morgan fingerprint density at radius 1 is 1.29 bits per heavy atom. The lowest BCUT2D eigenvalue weighted by molar-refractivity contribution is 0.399. The second-order valence-corrected chi connectivity index (χ2v) is 6.57. The zero-order valence-electron chi connectivity index (χ0n) is 11.6. The van der Waals surface area contributed by atoms with Gasteiger partial charge in [-0.25, -0.2) is 4.79 Å². The molecule has 0 amide bonds. The molecule has 1 saturated carbocycles. The molecule has 1 aliphatic rings. The van der Waals surface area contributed by atoms with Gasteiger partial charge in [-0.2, -0.15) is 11.8 Å². The minimum absolute atomic E-state index is 0.00745. The number of benzene rings is 1. The molecule has 0 bridgehead atoms. The summed E-state index contributed by atoms with van der Waals surface area (Å²) in [6, 6.07) is 8.88. The minimum atomic E-state index is -0.561. The lowest BCUT2D eigenvalue weighted by Crippen LogP contribution is -2.33. The maximum atomic E-state index is 12.0. The molecule has 1 fully saturated rings. The van der Waals surface area contributed by atoms with Gasteiger partial charge in [0.15, 0.2) is 0 Å². The van der Waals surface area contributed by atoms with E-state index >= 15 is 0 Å². The third-order valence-electron chi connectivity index (χ3n) is 3.92. The Morgan fingerprint density at radius 2 is 1.95 bits per heavy atom. The van der Waals surface area contributed by atoms with Crippen LogP contribution in [0.25, 0.3) is 11.1 Å². The van der Waals surface area contributed by atoms with Gasteiger partial charge in [0.05, 0.1) is 0 Å². The van der Waals surface area contributed by atoms with Crippen LogP contribution in [-0.2, 0) is 6.54 Å². The topological polar surface area (TPSA) is 75.1 Å². The lowest BCUT2D eigenvalue weighted by Gasteiger charge is -2.16. The van der Waals surface area contributed by atoms with Crippen molar-refractivity contribution >= 4 is 11.8 Å². The van der Waals surface area contributed by atoms with Crippen LogP contribution in [0.2, 0.25) is 0 Å². The zero-order chi connectivity index (χ0) is 15.0. The first-order chi connectivity index (χ1) is 10.1. The van der Waals surface area contributed by atoms with Gasteiger partial charge in [0.2, 0.25) is 5.88 Å². The highest BCUT2D eigenvalue weighted by Crippen LogP contribution is 2.48. The van der Waals surface area contributed by atoms with Gasteiger partial charge in [0.1, 0.15) is 5.56 Å². The summed E-state index contributed by atoms with van der Waals surface area (Å²) in [7, 11) is 0. The third kappa shape index (κ3) is 2.51. The van der Waals surface area contributed by atoms with Gasteiger partial charge < -0.3 is 5.11 Å². The molecule has 2 aromatic rings. The summed E-state index contributed by atoms with van der Waals surface area (Å²) in [4.78, 5) is 26.3. The molecule has 1 aromatic heterocycles. The number of H-pyrrole nitrogens is 1. The van der Waals surface area contributed by atoms with Gasteiger partial charge in [0.25, 0.3) is 5.56 Å². The first-order valence-corrected chi connectivity index (χ1v) is 7.95. The quantitative estimate of drug-likeness (QED) is 0.903. The summed E-state index contributed by atoms with van der Waals surface area (Å²) >= 11 is 1.69. The Bertz CT molecular complexity index is 776. The van der Waals surface area contributed by atoms with Crippen molar-refractivity contribution in [3.05, 3.63) is 51.2 Å². The maximum absolute atomic E-state index is 12.0. The van der Waals surface area contributed by atoms with Gasteiger partial charge in [-0.15, -0.1) is 0 Å². The predicted molar refractivity (Wildman–Crippen MR) is 83.9 cm³/mol. The SMILES string of the molecule is CSC1(Cn2c(O)c(-c3ccccc3)c(=O)[nH]c2=O)CC1. The molecule has 0 unspecified atom stereocenters. The van der Waals surface area contributed by atoms with Crippen LogP contribution in [0.4, 0.5) is 0 Å². The minimum Gasteiger partial charge on any atom is -0.494 e. The van der Waals surface area contributed by atoms with E-state index in [0.717, 1.165) is 12.8 Å². The Morgan fingerprint density at radius 3 is 2.52 bits per heavy atom. The molecule has 21 heavy (non-hydrogen) atoms. The zero-order valence-corrected chi connectivity index (χ0v) is 12.4. The standard InChI is InChI=1S/C15H16N2O3S/c1-21-15(7-8-15)9-17-13(19)11(12(18)16-14(17)20)10-5-3-2-4-6-10/h2-6,19H,7-9H2,1H3,(H,16,18,20). The van der Waals surface area contributed by atoms with E-state index in [9.17, 15) is 14.7 Å². The molecule has 2 N–H and O–H groups in total. The van der Waals surface area contributed by atoms with Crippen LogP contribution < -0.4 is 11.2 Å². The molecule has 1 aliphatic carbocycles. The Kier molecular flexibility index (Phi) is 3.41. The normalized spacial score (nSPS) is 15.9. The second kappa shape index (κ2) is 5.11. The predicted octanol–water partition coefficient (Wildman–Crippen LogP) is 1.80. The summed E-state index contributed by atoms with van der Waals surface area (Å²) in [5, 5.41) is 10.4. The van der Waals surface area contributed by atoms with Gasteiger partial charge in [-0.05, 0) is 24.7 Å². The molecule has 0 radical (unpaired) electrons. The van der Waals surface area contributed by atoms with E-state index in [1.165, 1.54) is 4.57 Å². The van der Waals surface area contributed by atoms with E-state index in [4.69, 9.17) is 0 Å². The van der Waals surface area contributed by atoms with E-state index in [-0.39, 0.29) is 16.2 Å². The van der Waals surface area contributed by atoms with Crippen molar-refractivity contribution in [3.63, 3.8) is 0 Å². The number of hydrogen-bond acceptors (Lipinski definition) is 4. The summed E-state index contributed by atoms with van der Waals surface area (Å²) in [6.45, 7) is 0.412. The number of hydrogen-bond donors (Lipinski definition) is 2. The summed E-state index contributed by atoms with van der Waals surface area (Å²) in [5.74, 6) is -0.254. The number of thioether (sulfide) groups is 1. The van der Waals surface area contributed by atoms with Crippen molar-refractivity contribution in [2.24, 2.45) is 0 Å². The fraction of sp³-hybridized carbons (Fsp3) is 0.333. The molecule has 0 atom stereocenters. The van der Waals surface area contributed by atoms with Crippen LogP contribution in [0.3, 0.4) is 0 Å². The van der Waals surface area contributed by atoms with Crippen molar-refractivity contribution in [2.45, 2.75) is 24.1 Å². The Balaban J connectivity index is 2.14. The van der Waals surface area contributed by atoms with E-state index in [2.05, 4.69) is 4.98 Å². The van der Waals surface area contributed by atoms with Crippen LogP contribution in [0.1, 0.15) is 12.8 Å². The lowest BCUT2D eigenvalue weighted by atomic mass is 10.1. The molecule has 1 heterocycles. The van der Waals surface area contributed by atoms with Crippen molar-refractivity contribution in [1.82, 2.24) is 9.55 Å². The molecule has 3 rings (SSSR count). The fourth-order valence-electron chi connectivity index (χ4n) is 2.43. The number of aromatic hydroxyl groups is 1. The van der Waals surface area contributed by atoms with E-state index < -0.39 is 11.2 Å². The van der Waals surface area contributed by atoms with Crippen molar-refractivity contribution < 1.29 is 5.11 Å². The Labute approximate surface area is 125 Å². The van der Waals surface area contributed by atoms with E-state index in [1.54, 1.807) is 36.0 Å². The molecule has 110 valence electrons. The monoisotopic (exact) mass is 304 g/mol. The number of nitrogens with zero attached hydrogens (tertiary/aromatic N) is 1. The Hall–Kier alpha value is -1.95. The summed E-state index contributed by atoms with van der Waals surface area (Å²) in [5.41, 5.74) is -0.377. The average Bonchev–Trinajstić information content (AvgIpc) is 3.25. The molecule has 5 nitrogen and oxygen atoms in total. The van der Waals surface area contributed by atoms with Gasteiger partial charge in [-0.3, -0.25) is 14.3 Å². The highest BCUT2D eigenvalue weighted by molar-refractivity contribution is 8.00. The number of rotatable bonds is 4. The molecular weight excluding hydrogens is 288 g/mol. The van der Waals surface area contributed by atoms with Gasteiger partial charge in [0, 0.05) is 11.3 Å². The largest absolute Gasteiger partial charge is 0.494 e. The molecule has 0 spiro atoms. The molecule has 0 aliphatic heterocycles. The summed E-state index contributed by atoms with van der Waals surface area (Å²) in [6.07, 6.45) is 4.03. The van der Waals surface area contributed by atoms with Crippen LogP contribution in [-0.4, -0.2) is 25.7 Å². The molecule has 0 saturated heterocycles. The van der Waals surface area contributed by atoms with Crippen LogP contribution in [0, 0.1) is 0 Å². The second-order valence-electron chi connectivity index (χ2n) is 5.30. The average molecular weight is 304 g/mol. The summed E-state index contributed by atoms with van der Waals surface area (Å²) < 4.78 is 1.28. The number of nitrogens with one attached hydrogen (secondary N) is 1. The van der Waals surface area contributed by atoms with Crippen molar-refractivity contribution in [1.29, 1.82) is 0 Å². The van der Waals surface area contributed by atoms with E-state index in [1.807, 2.05) is 12.3 Å². The van der Waals surface area contributed by atoms with E-state index in [0.29, 0.717) is 12.1 Å².